The highest BCUT2D eigenvalue weighted by Gasteiger charge is 2.32. The molecule has 1 aliphatic rings. The number of halogens is 2. The van der Waals surface area contributed by atoms with Crippen LogP contribution in [-0.4, -0.2) is 28.8 Å². The summed E-state index contributed by atoms with van der Waals surface area (Å²) in [6, 6.07) is 23.2. The van der Waals surface area contributed by atoms with Crippen LogP contribution in [0.2, 0.25) is 0 Å². The van der Waals surface area contributed by atoms with E-state index in [1.165, 1.54) is 6.07 Å². The van der Waals surface area contributed by atoms with Gasteiger partial charge in [-0.15, -0.1) is 0 Å². The van der Waals surface area contributed by atoms with Crippen molar-refractivity contribution in [2.45, 2.75) is 57.2 Å². The number of rotatable bonds is 9. The average Bonchev–Trinajstić information content (AvgIpc) is 3.37. The van der Waals surface area contributed by atoms with Crippen LogP contribution < -0.4 is 5.32 Å². The van der Waals surface area contributed by atoms with Gasteiger partial charge < -0.3 is 10.2 Å². The molecule has 1 atom stereocenters. The molecule has 1 saturated carbocycles. The molecule has 0 aromatic heterocycles. The Kier molecular flexibility index (Phi) is 8.69. The first-order valence-corrected chi connectivity index (χ1v) is 12.9. The van der Waals surface area contributed by atoms with Crippen molar-refractivity contribution in [3.63, 3.8) is 0 Å². The molecule has 4 rings (SSSR count). The summed E-state index contributed by atoms with van der Waals surface area (Å²) in [6.45, 7) is 0.260. The monoisotopic (exact) mass is 536 g/mol. The minimum atomic E-state index is -0.707. The van der Waals surface area contributed by atoms with Crippen molar-refractivity contribution in [1.82, 2.24) is 10.2 Å². The maximum absolute atomic E-state index is 14.4. The van der Waals surface area contributed by atoms with Crippen molar-refractivity contribution < 1.29 is 14.0 Å². The number of carbonyl (C=O) groups is 2. The normalized spacial score (nSPS) is 14.5. The van der Waals surface area contributed by atoms with Gasteiger partial charge in [0.05, 0.1) is 6.42 Å². The molecule has 2 amide bonds. The van der Waals surface area contributed by atoms with Crippen molar-refractivity contribution in [2.24, 2.45) is 0 Å². The molecule has 4 nitrogen and oxygen atoms in total. The summed E-state index contributed by atoms with van der Waals surface area (Å²) in [4.78, 5) is 28.9. The van der Waals surface area contributed by atoms with E-state index in [1.807, 2.05) is 54.6 Å². The Labute approximate surface area is 214 Å². The van der Waals surface area contributed by atoms with Crippen LogP contribution in [0.5, 0.6) is 0 Å². The van der Waals surface area contributed by atoms with E-state index in [4.69, 9.17) is 0 Å². The summed E-state index contributed by atoms with van der Waals surface area (Å²) in [7, 11) is 0. The second-order valence-electron chi connectivity index (χ2n) is 9.11. The molecule has 0 unspecified atom stereocenters. The number of hydrogen-bond donors (Lipinski definition) is 1. The number of hydrogen-bond acceptors (Lipinski definition) is 2. The lowest BCUT2D eigenvalue weighted by molar-refractivity contribution is -0.141. The van der Waals surface area contributed by atoms with Gasteiger partial charge in [-0.3, -0.25) is 9.59 Å². The van der Waals surface area contributed by atoms with Gasteiger partial charge in [0.1, 0.15) is 11.9 Å². The lowest BCUT2D eigenvalue weighted by Crippen LogP contribution is -2.52. The lowest BCUT2D eigenvalue weighted by atomic mass is 10.0. The number of nitrogens with zero attached hydrogens (tertiary/aromatic N) is 1. The van der Waals surface area contributed by atoms with Gasteiger partial charge in [-0.05, 0) is 47.7 Å². The Morgan fingerprint density at radius 3 is 2.26 bits per heavy atom. The van der Waals surface area contributed by atoms with Crippen molar-refractivity contribution in [2.75, 3.05) is 0 Å². The van der Waals surface area contributed by atoms with Gasteiger partial charge >= 0.3 is 0 Å². The molecule has 182 valence electrons. The number of nitrogens with one attached hydrogen (secondary N) is 1. The molecular weight excluding hydrogens is 507 g/mol. The first kappa shape index (κ1) is 25.1. The molecule has 0 heterocycles. The Morgan fingerprint density at radius 2 is 1.57 bits per heavy atom. The molecule has 0 spiro atoms. The van der Waals surface area contributed by atoms with E-state index in [1.54, 1.807) is 23.1 Å². The van der Waals surface area contributed by atoms with Crippen molar-refractivity contribution >= 4 is 27.7 Å². The van der Waals surface area contributed by atoms with Crippen LogP contribution in [0, 0.1) is 5.82 Å². The predicted molar refractivity (Wildman–Crippen MR) is 139 cm³/mol. The first-order chi connectivity index (χ1) is 17.0. The van der Waals surface area contributed by atoms with Crippen molar-refractivity contribution in [1.29, 1.82) is 0 Å². The van der Waals surface area contributed by atoms with E-state index in [0.717, 1.165) is 41.3 Å². The number of carbonyl (C=O) groups excluding carboxylic acids is 2. The van der Waals surface area contributed by atoms with E-state index in [2.05, 4.69) is 21.2 Å². The second-order valence-corrected chi connectivity index (χ2v) is 10.0. The first-order valence-electron chi connectivity index (χ1n) is 12.1. The van der Waals surface area contributed by atoms with Crippen LogP contribution in [-0.2, 0) is 29.0 Å². The summed E-state index contributed by atoms with van der Waals surface area (Å²) in [5, 5.41) is 3.19. The van der Waals surface area contributed by atoms with Gasteiger partial charge in [-0.25, -0.2) is 4.39 Å². The standard InChI is InChI=1S/C29H30BrFN2O2/c30-24-16-14-22(15-17-24)20-33(28(34)19-23-10-4-7-13-26(23)31)27(18-21-8-2-1-3-9-21)29(35)32-25-11-5-6-12-25/h1-4,7-10,13-17,25,27H,5-6,11-12,18-20H2,(H,32,35)/t27-/m0/s1. The van der Waals surface area contributed by atoms with E-state index < -0.39 is 11.9 Å². The Bertz CT molecular complexity index is 1130. The molecule has 1 aliphatic carbocycles. The summed E-state index contributed by atoms with van der Waals surface area (Å²) < 4.78 is 15.3. The fraction of sp³-hybridized carbons (Fsp3) is 0.310. The van der Waals surface area contributed by atoms with E-state index in [9.17, 15) is 14.0 Å². The van der Waals surface area contributed by atoms with Crippen molar-refractivity contribution in [3.05, 3.63) is 106 Å². The Morgan fingerprint density at radius 1 is 0.914 bits per heavy atom. The van der Waals surface area contributed by atoms with Crippen molar-refractivity contribution in [3.8, 4) is 0 Å². The molecular formula is C29H30BrFN2O2. The molecule has 0 saturated heterocycles. The Hall–Kier alpha value is -2.99. The molecule has 1 fully saturated rings. The maximum atomic E-state index is 14.4. The van der Waals surface area contributed by atoms with Crippen LogP contribution >= 0.6 is 15.9 Å². The second kappa shape index (κ2) is 12.1. The van der Waals surface area contributed by atoms with Gasteiger partial charge in [0.15, 0.2) is 0 Å². The third kappa shape index (κ3) is 7.01. The predicted octanol–water partition coefficient (Wildman–Crippen LogP) is 5.83. The summed E-state index contributed by atoms with van der Waals surface area (Å²) >= 11 is 3.45. The van der Waals surface area contributed by atoms with Gasteiger partial charge in [0.25, 0.3) is 0 Å². The molecule has 6 heteroatoms. The fourth-order valence-corrected chi connectivity index (χ4v) is 4.88. The molecule has 35 heavy (non-hydrogen) atoms. The van der Waals surface area contributed by atoms with Gasteiger partial charge in [-0.1, -0.05) is 89.4 Å². The smallest absolute Gasteiger partial charge is 0.243 e. The van der Waals surface area contributed by atoms with Crippen LogP contribution in [0.25, 0.3) is 0 Å². The molecule has 0 radical (unpaired) electrons. The fourth-order valence-electron chi connectivity index (χ4n) is 4.61. The van der Waals surface area contributed by atoms with Gasteiger partial charge in [0, 0.05) is 23.5 Å². The van der Waals surface area contributed by atoms with Crippen LogP contribution in [0.3, 0.4) is 0 Å². The molecule has 0 aliphatic heterocycles. The summed E-state index contributed by atoms with van der Waals surface area (Å²) in [6.07, 6.45) is 4.40. The van der Waals surface area contributed by atoms with Gasteiger partial charge in [-0.2, -0.15) is 0 Å². The third-order valence-electron chi connectivity index (χ3n) is 6.54. The zero-order valence-corrected chi connectivity index (χ0v) is 21.2. The lowest BCUT2D eigenvalue weighted by Gasteiger charge is -2.32. The quantitative estimate of drug-likeness (QED) is 0.374. The molecule has 0 bridgehead atoms. The zero-order valence-electron chi connectivity index (χ0n) is 19.6. The minimum absolute atomic E-state index is 0.106. The molecule has 3 aromatic carbocycles. The number of benzene rings is 3. The van der Waals surface area contributed by atoms with E-state index in [0.29, 0.717) is 12.0 Å². The van der Waals surface area contributed by atoms with E-state index in [-0.39, 0.29) is 30.8 Å². The van der Waals surface area contributed by atoms with Crippen LogP contribution in [0.4, 0.5) is 4.39 Å². The van der Waals surface area contributed by atoms with Crippen LogP contribution in [0.1, 0.15) is 42.4 Å². The highest BCUT2D eigenvalue weighted by Crippen LogP contribution is 2.21. The SMILES string of the molecule is O=C(NC1CCCC1)[C@H](Cc1ccccc1)N(Cc1ccc(Br)cc1)C(=O)Cc1ccccc1F. The molecule has 1 N–H and O–H groups in total. The number of amides is 2. The van der Waals surface area contributed by atoms with Gasteiger partial charge in [0.2, 0.25) is 11.8 Å². The van der Waals surface area contributed by atoms with Crippen LogP contribution in [0.15, 0.2) is 83.3 Å². The topological polar surface area (TPSA) is 49.4 Å². The average molecular weight is 537 g/mol. The maximum Gasteiger partial charge on any atom is 0.243 e. The largest absolute Gasteiger partial charge is 0.352 e. The zero-order chi connectivity index (χ0) is 24.6. The minimum Gasteiger partial charge on any atom is -0.352 e. The summed E-state index contributed by atoms with van der Waals surface area (Å²) in [5.41, 5.74) is 2.20. The highest BCUT2D eigenvalue weighted by molar-refractivity contribution is 9.10. The highest BCUT2D eigenvalue weighted by atomic mass is 79.9. The van der Waals surface area contributed by atoms with E-state index >= 15 is 0 Å². The summed E-state index contributed by atoms with van der Waals surface area (Å²) in [5.74, 6) is -0.847. The Balaban J connectivity index is 1.66. The third-order valence-corrected chi connectivity index (χ3v) is 7.07. The molecule has 3 aromatic rings.